The molecule has 0 unspecified atom stereocenters. The molecule has 66 valence electrons. The second-order valence-corrected chi connectivity index (χ2v) is 3.32. The van der Waals surface area contributed by atoms with Gasteiger partial charge in [0.05, 0.1) is 0 Å². The fourth-order valence-corrected chi connectivity index (χ4v) is 1.60. The first-order valence-corrected chi connectivity index (χ1v) is 4.34. The molecule has 0 saturated heterocycles. The lowest BCUT2D eigenvalue weighted by atomic mass is 10.1. The zero-order valence-corrected chi connectivity index (χ0v) is 7.91. The molecule has 2 aromatic rings. The van der Waals surface area contributed by atoms with Gasteiger partial charge in [0, 0.05) is 18.4 Å². The van der Waals surface area contributed by atoms with E-state index in [0.29, 0.717) is 0 Å². The van der Waals surface area contributed by atoms with Crippen LogP contribution in [0.15, 0.2) is 30.3 Å². The molecule has 1 aromatic carbocycles. The second kappa shape index (κ2) is 2.73. The predicted octanol–water partition coefficient (Wildman–Crippen LogP) is 1.55. The molecular weight excluding hydrogens is 160 g/mol. The molecule has 1 aromatic heterocycles. The molecule has 2 heteroatoms. The van der Waals surface area contributed by atoms with Gasteiger partial charge >= 0.3 is 0 Å². The number of rotatable bonds is 0. The number of hydrogen-bond acceptors (Lipinski definition) is 1. The first kappa shape index (κ1) is 8.05. The fraction of sp³-hybridized carbons (Fsp3) is 0.182. The minimum Gasteiger partial charge on any atom is -0.393 e. The number of anilines is 1. The number of aromatic nitrogens is 1. The first-order chi connectivity index (χ1) is 6.20. The molecule has 2 rings (SSSR count). The number of benzene rings is 1. The van der Waals surface area contributed by atoms with Gasteiger partial charge in [-0.15, -0.1) is 0 Å². The number of aryl methyl sites for hydroxylation is 2. The van der Waals surface area contributed by atoms with Crippen LogP contribution in [0.3, 0.4) is 0 Å². The second-order valence-electron chi connectivity index (χ2n) is 3.32. The summed E-state index contributed by atoms with van der Waals surface area (Å²) in [5.74, 6) is 0. The maximum atomic E-state index is 5.91. The number of hydrogen-bond donors (Lipinski definition) is 1. The lowest BCUT2D eigenvalue weighted by Gasteiger charge is -2.01. The molecule has 2 N–H and O–H groups in total. The van der Waals surface area contributed by atoms with Gasteiger partial charge in [-0.3, -0.25) is 0 Å². The van der Waals surface area contributed by atoms with Crippen molar-refractivity contribution < 1.29 is 4.57 Å². The van der Waals surface area contributed by atoms with Crippen LogP contribution in [0.25, 0.3) is 10.9 Å². The third-order valence-electron chi connectivity index (χ3n) is 2.47. The number of nitrogens with two attached hydrogens (primary N) is 1. The fourth-order valence-electron chi connectivity index (χ4n) is 1.60. The van der Waals surface area contributed by atoms with Crippen molar-refractivity contribution in [1.29, 1.82) is 0 Å². The molecule has 0 atom stereocenters. The van der Waals surface area contributed by atoms with Gasteiger partial charge in [-0.1, -0.05) is 6.07 Å². The molecule has 0 aliphatic carbocycles. The van der Waals surface area contributed by atoms with E-state index in [9.17, 15) is 0 Å². The standard InChI is InChI=1S/C11H13N2/c1-8-6-7-9-4-3-5-10(12)11(9)13(8)2/h3-7H,12H2,1-2H3/q+1. The molecule has 0 radical (unpaired) electrons. The summed E-state index contributed by atoms with van der Waals surface area (Å²) in [5, 5.41) is 1.19. The highest BCUT2D eigenvalue weighted by Gasteiger charge is 2.09. The Kier molecular flexibility index (Phi) is 1.69. The Labute approximate surface area is 77.6 Å². The minimum atomic E-state index is 0.837. The van der Waals surface area contributed by atoms with Gasteiger partial charge < -0.3 is 5.73 Å². The topological polar surface area (TPSA) is 29.9 Å². The van der Waals surface area contributed by atoms with Gasteiger partial charge in [-0.25, -0.2) is 0 Å². The Morgan fingerprint density at radius 3 is 2.69 bits per heavy atom. The summed E-state index contributed by atoms with van der Waals surface area (Å²) >= 11 is 0. The van der Waals surface area contributed by atoms with Gasteiger partial charge in [0.1, 0.15) is 12.7 Å². The van der Waals surface area contributed by atoms with Gasteiger partial charge in [-0.05, 0) is 18.2 Å². The molecule has 1 heterocycles. The largest absolute Gasteiger partial charge is 0.393 e. The zero-order chi connectivity index (χ0) is 9.42. The first-order valence-electron chi connectivity index (χ1n) is 4.34. The van der Waals surface area contributed by atoms with E-state index in [1.807, 2.05) is 19.2 Å². The van der Waals surface area contributed by atoms with Crippen molar-refractivity contribution in [2.45, 2.75) is 6.92 Å². The van der Waals surface area contributed by atoms with E-state index in [0.717, 1.165) is 11.2 Å². The summed E-state index contributed by atoms with van der Waals surface area (Å²) in [4.78, 5) is 0. The van der Waals surface area contributed by atoms with E-state index in [2.05, 4.69) is 29.7 Å². The number of nitrogens with zero attached hydrogens (tertiary/aromatic N) is 1. The van der Waals surface area contributed by atoms with Gasteiger partial charge in [0.15, 0.2) is 5.69 Å². The Balaban J connectivity index is 2.97. The average molecular weight is 173 g/mol. The van der Waals surface area contributed by atoms with E-state index in [4.69, 9.17) is 5.73 Å². The molecule has 0 bridgehead atoms. The summed E-state index contributed by atoms with van der Waals surface area (Å²) < 4.78 is 2.12. The van der Waals surface area contributed by atoms with Crippen LogP contribution in [0, 0.1) is 6.92 Å². The number of para-hydroxylation sites is 1. The molecule has 0 amide bonds. The Bertz CT molecular complexity index is 461. The molecule has 0 aliphatic heterocycles. The summed E-state index contributed by atoms with van der Waals surface area (Å²) in [6, 6.07) is 10.2. The molecule has 0 spiro atoms. The minimum absolute atomic E-state index is 0.837. The van der Waals surface area contributed by atoms with Gasteiger partial charge in [0.25, 0.3) is 0 Å². The third kappa shape index (κ3) is 1.15. The van der Waals surface area contributed by atoms with Crippen molar-refractivity contribution in [2.24, 2.45) is 7.05 Å². The lowest BCUT2D eigenvalue weighted by Crippen LogP contribution is -2.33. The molecule has 0 saturated carbocycles. The van der Waals surface area contributed by atoms with Crippen LogP contribution in [0.5, 0.6) is 0 Å². The summed E-state index contributed by atoms with van der Waals surface area (Å²) in [5.41, 5.74) is 9.07. The van der Waals surface area contributed by atoms with E-state index >= 15 is 0 Å². The SMILES string of the molecule is Cc1ccc2cccc(N)c2[n+]1C. The zero-order valence-electron chi connectivity index (χ0n) is 7.91. The Morgan fingerprint density at radius 2 is 1.92 bits per heavy atom. The Morgan fingerprint density at radius 1 is 1.15 bits per heavy atom. The van der Waals surface area contributed by atoms with Crippen molar-refractivity contribution >= 4 is 16.6 Å². The molecule has 0 fully saturated rings. The van der Waals surface area contributed by atoms with E-state index in [1.165, 1.54) is 11.1 Å². The van der Waals surface area contributed by atoms with E-state index in [-0.39, 0.29) is 0 Å². The number of pyridine rings is 1. The summed E-state index contributed by atoms with van der Waals surface area (Å²) in [6.07, 6.45) is 0. The van der Waals surface area contributed by atoms with E-state index in [1.54, 1.807) is 0 Å². The van der Waals surface area contributed by atoms with Gasteiger partial charge in [0.2, 0.25) is 5.52 Å². The number of fused-ring (bicyclic) bond motifs is 1. The van der Waals surface area contributed by atoms with Crippen LogP contribution in [-0.2, 0) is 7.05 Å². The van der Waals surface area contributed by atoms with Crippen LogP contribution >= 0.6 is 0 Å². The lowest BCUT2D eigenvalue weighted by molar-refractivity contribution is -0.650. The number of nitrogen functional groups attached to an aromatic ring is 1. The van der Waals surface area contributed by atoms with Crippen molar-refractivity contribution in [3.05, 3.63) is 36.0 Å². The average Bonchev–Trinajstić information content (AvgIpc) is 2.12. The predicted molar refractivity (Wildman–Crippen MR) is 54.3 cm³/mol. The van der Waals surface area contributed by atoms with Crippen molar-refractivity contribution in [3.8, 4) is 0 Å². The highest BCUT2D eigenvalue weighted by molar-refractivity contribution is 5.86. The van der Waals surface area contributed by atoms with Crippen molar-refractivity contribution in [2.75, 3.05) is 5.73 Å². The molecule has 13 heavy (non-hydrogen) atoms. The van der Waals surface area contributed by atoms with Crippen molar-refractivity contribution in [1.82, 2.24) is 0 Å². The smallest absolute Gasteiger partial charge is 0.235 e. The normalized spacial score (nSPS) is 10.6. The van der Waals surface area contributed by atoms with Crippen LogP contribution in [-0.4, -0.2) is 0 Å². The maximum Gasteiger partial charge on any atom is 0.235 e. The van der Waals surface area contributed by atoms with Crippen molar-refractivity contribution in [3.63, 3.8) is 0 Å². The van der Waals surface area contributed by atoms with Crippen LogP contribution in [0.4, 0.5) is 5.69 Å². The van der Waals surface area contributed by atoms with Gasteiger partial charge in [-0.2, -0.15) is 4.57 Å². The highest BCUT2D eigenvalue weighted by atomic mass is 14.9. The van der Waals surface area contributed by atoms with E-state index < -0.39 is 0 Å². The quantitative estimate of drug-likeness (QED) is 0.475. The van der Waals surface area contributed by atoms with Crippen LogP contribution < -0.4 is 10.3 Å². The Hall–Kier alpha value is -1.57. The molecule has 0 aliphatic rings. The summed E-state index contributed by atoms with van der Waals surface area (Å²) in [6.45, 7) is 2.08. The van der Waals surface area contributed by atoms with Crippen LogP contribution in [0.1, 0.15) is 5.69 Å². The maximum absolute atomic E-state index is 5.91. The molecular formula is C11H13N2+. The monoisotopic (exact) mass is 173 g/mol. The highest BCUT2D eigenvalue weighted by Crippen LogP contribution is 2.16. The van der Waals surface area contributed by atoms with Crippen LogP contribution in [0.2, 0.25) is 0 Å². The molecule has 2 nitrogen and oxygen atoms in total. The summed E-state index contributed by atoms with van der Waals surface area (Å²) in [7, 11) is 2.04. The third-order valence-corrected chi connectivity index (χ3v) is 2.47.